The number of sulfonamides is 1. The Bertz CT molecular complexity index is 1230. The maximum absolute atomic E-state index is 12.8. The van der Waals surface area contributed by atoms with Crippen LogP contribution in [0.3, 0.4) is 0 Å². The van der Waals surface area contributed by atoms with Crippen LogP contribution in [0.25, 0.3) is 0 Å². The Balaban J connectivity index is 1.53. The molecule has 0 aliphatic heterocycles. The van der Waals surface area contributed by atoms with E-state index in [0.29, 0.717) is 36.6 Å². The fourth-order valence-electron chi connectivity index (χ4n) is 2.98. The summed E-state index contributed by atoms with van der Waals surface area (Å²) in [5.41, 5.74) is 0.854. The number of para-hydroxylation sites is 2. The van der Waals surface area contributed by atoms with Gasteiger partial charge in [-0.2, -0.15) is 0 Å². The quantitative estimate of drug-likeness (QED) is 0.263. The van der Waals surface area contributed by atoms with Gasteiger partial charge in [-0.25, -0.2) is 13.1 Å². The summed E-state index contributed by atoms with van der Waals surface area (Å²) in [6, 6.07) is 22.3. The normalized spacial score (nSPS) is 10.9. The third kappa shape index (κ3) is 8.06. The van der Waals surface area contributed by atoms with Crippen LogP contribution in [0.5, 0.6) is 11.5 Å². The lowest BCUT2D eigenvalue weighted by molar-refractivity contribution is 0.0972. The minimum atomic E-state index is -3.56. The smallest absolute Gasteiger partial charge is 0.261 e. The Morgan fingerprint density at radius 3 is 2.26 bits per heavy atom. The van der Waals surface area contributed by atoms with Crippen molar-refractivity contribution in [3.05, 3.63) is 84.4 Å². The third-order valence-electron chi connectivity index (χ3n) is 4.68. The first kappa shape index (κ1) is 26.1. The van der Waals surface area contributed by atoms with Crippen LogP contribution in [0.15, 0.2) is 83.8 Å². The molecule has 0 unspecified atom stereocenters. The first-order valence-corrected chi connectivity index (χ1v) is 12.9. The highest BCUT2D eigenvalue weighted by molar-refractivity contribution is 7.89. The van der Waals surface area contributed by atoms with Gasteiger partial charge in [-0.3, -0.25) is 10.1 Å². The topological polar surface area (TPSA) is 106 Å². The molecular formula is C25H27N3O5S2. The minimum absolute atomic E-state index is 0.0666. The largest absolute Gasteiger partial charge is 0.490 e. The molecule has 0 aliphatic rings. The molecule has 35 heavy (non-hydrogen) atoms. The minimum Gasteiger partial charge on any atom is -0.490 e. The predicted molar refractivity (Wildman–Crippen MR) is 139 cm³/mol. The Hall–Kier alpha value is -3.47. The molecule has 0 bridgehead atoms. The molecule has 3 N–H and O–H groups in total. The number of anilines is 1. The molecule has 0 aliphatic carbocycles. The van der Waals surface area contributed by atoms with Crippen molar-refractivity contribution in [2.75, 3.05) is 25.1 Å². The number of nitrogens with one attached hydrogen (secondary N) is 3. The van der Waals surface area contributed by atoms with E-state index in [9.17, 15) is 13.2 Å². The van der Waals surface area contributed by atoms with Crippen LogP contribution in [0.4, 0.5) is 5.69 Å². The Morgan fingerprint density at radius 1 is 0.886 bits per heavy atom. The van der Waals surface area contributed by atoms with E-state index >= 15 is 0 Å². The predicted octanol–water partition coefficient (Wildman–Crippen LogP) is 3.96. The van der Waals surface area contributed by atoms with E-state index in [0.717, 1.165) is 5.75 Å². The summed E-state index contributed by atoms with van der Waals surface area (Å²) in [7, 11) is -3.56. The molecule has 0 fully saturated rings. The molecule has 3 aromatic carbocycles. The van der Waals surface area contributed by atoms with Crippen molar-refractivity contribution in [3.63, 3.8) is 0 Å². The van der Waals surface area contributed by atoms with E-state index < -0.39 is 15.9 Å². The van der Waals surface area contributed by atoms with Gasteiger partial charge in [0.2, 0.25) is 10.0 Å². The van der Waals surface area contributed by atoms with E-state index in [1.165, 1.54) is 12.1 Å². The summed E-state index contributed by atoms with van der Waals surface area (Å²) >= 11 is 5.25. The van der Waals surface area contributed by atoms with Crippen LogP contribution in [0, 0.1) is 0 Å². The van der Waals surface area contributed by atoms with Crippen LogP contribution in [-0.4, -0.2) is 39.2 Å². The number of benzene rings is 3. The van der Waals surface area contributed by atoms with Crippen molar-refractivity contribution in [1.29, 1.82) is 0 Å². The molecular weight excluding hydrogens is 486 g/mol. The van der Waals surface area contributed by atoms with Gasteiger partial charge in [0.05, 0.1) is 10.5 Å². The van der Waals surface area contributed by atoms with E-state index in [1.54, 1.807) is 36.4 Å². The number of hydrogen-bond acceptors (Lipinski definition) is 6. The zero-order valence-electron chi connectivity index (χ0n) is 19.2. The number of amides is 1. The lowest BCUT2D eigenvalue weighted by atomic mass is 10.2. The molecule has 0 saturated heterocycles. The molecule has 0 heterocycles. The van der Waals surface area contributed by atoms with Crippen LogP contribution < -0.4 is 24.8 Å². The molecule has 0 saturated carbocycles. The van der Waals surface area contributed by atoms with Gasteiger partial charge in [0.15, 0.2) is 5.11 Å². The van der Waals surface area contributed by atoms with Gasteiger partial charge in [0.1, 0.15) is 24.7 Å². The van der Waals surface area contributed by atoms with Crippen molar-refractivity contribution in [2.45, 2.75) is 18.2 Å². The standard InChI is InChI=1S/C25H27N3O5S2/c1-2-16-26-35(30,31)21-14-12-19(13-15-21)27-25(34)28-24(29)22-10-6-7-11-23(22)33-18-17-32-20-8-4-3-5-9-20/h3-15,26H,2,16-18H2,1H3,(H2,27,28,29,34). The molecule has 184 valence electrons. The van der Waals surface area contributed by atoms with Crippen molar-refractivity contribution < 1.29 is 22.7 Å². The summed E-state index contributed by atoms with van der Waals surface area (Å²) in [4.78, 5) is 12.9. The van der Waals surface area contributed by atoms with Gasteiger partial charge in [0, 0.05) is 12.2 Å². The van der Waals surface area contributed by atoms with Gasteiger partial charge in [-0.05, 0) is 67.2 Å². The molecule has 0 radical (unpaired) electrons. The number of thiocarbonyl (C=S) groups is 1. The first-order valence-electron chi connectivity index (χ1n) is 11.0. The fraction of sp³-hybridized carbons (Fsp3) is 0.200. The average Bonchev–Trinajstić information content (AvgIpc) is 2.86. The Kier molecular flexibility index (Phi) is 9.59. The summed E-state index contributed by atoms with van der Waals surface area (Å²) < 4.78 is 38.2. The highest BCUT2D eigenvalue weighted by Gasteiger charge is 2.15. The zero-order chi connectivity index (χ0) is 25.1. The first-order chi connectivity index (χ1) is 16.9. The number of ether oxygens (including phenoxy) is 2. The average molecular weight is 514 g/mol. The maximum Gasteiger partial charge on any atom is 0.261 e. The van der Waals surface area contributed by atoms with E-state index in [2.05, 4.69) is 15.4 Å². The van der Waals surface area contributed by atoms with Crippen molar-refractivity contribution in [3.8, 4) is 11.5 Å². The molecule has 1 amide bonds. The van der Waals surface area contributed by atoms with Gasteiger partial charge in [-0.1, -0.05) is 37.3 Å². The highest BCUT2D eigenvalue weighted by atomic mass is 32.2. The van der Waals surface area contributed by atoms with E-state index in [1.807, 2.05) is 37.3 Å². The molecule has 0 aromatic heterocycles. The summed E-state index contributed by atoms with van der Waals surface area (Å²) in [5, 5.41) is 5.56. The lowest BCUT2D eigenvalue weighted by Gasteiger charge is -2.14. The van der Waals surface area contributed by atoms with Gasteiger partial charge in [0.25, 0.3) is 5.91 Å². The monoisotopic (exact) mass is 513 g/mol. The van der Waals surface area contributed by atoms with Crippen LogP contribution in [0.1, 0.15) is 23.7 Å². The zero-order valence-corrected chi connectivity index (χ0v) is 20.8. The van der Waals surface area contributed by atoms with E-state index in [4.69, 9.17) is 21.7 Å². The second kappa shape index (κ2) is 12.8. The molecule has 0 atom stereocenters. The number of rotatable bonds is 11. The molecule has 3 rings (SSSR count). The fourth-order valence-corrected chi connectivity index (χ4v) is 4.32. The van der Waals surface area contributed by atoms with Gasteiger partial charge in [-0.15, -0.1) is 0 Å². The Labute approximate surface area is 210 Å². The number of hydrogen-bond donors (Lipinski definition) is 3. The molecule has 8 nitrogen and oxygen atoms in total. The molecule has 3 aromatic rings. The van der Waals surface area contributed by atoms with Gasteiger partial charge >= 0.3 is 0 Å². The Morgan fingerprint density at radius 2 is 1.54 bits per heavy atom. The van der Waals surface area contributed by atoms with Crippen LogP contribution in [-0.2, 0) is 10.0 Å². The van der Waals surface area contributed by atoms with Crippen LogP contribution >= 0.6 is 12.2 Å². The van der Waals surface area contributed by atoms with Crippen molar-refractivity contribution in [2.24, 2.45) is 0 Å². The number of carbonyl (C=O) groups excluding carboxylic acids is 1. The van der Waals surface area contributed by atoms with Crippen molar-refractivity contribution >= 4 is 38.9 Å². The molecule has 10 heteroatoms. The number of carbonyl (C=O) groups is 1. The second-order valence-electron chi connectivity index (χ2n) is 7.34. The van der Waals surface area contributed by atoms with Crippen molar-refractivity contribution in [1.82, 2.24) is 10.0 Å². The van der Waals surface area contributed by atoms with Crippen LogP contribution in [0.2, 0.25) is 0 Å². The van der Waals surface area contributed by atoms with E-state index in [-0.39, 0.29) is 16.6 Å². The maximum atomic E-state index is 12.8. The van der Waals surface area contributed by atoms with Gasteiger partial charge < -0.3 is 14.8 Å². The lowest BCUT2D eigenvalue weighted by Crippen LogP contribution is -2.34. The second-order valence-corrected chi connectivity index (χ2v) is 9.51. The summed E-state index contributed by atoms with van der Waals surface area (Å²) in [5.74, 6) is 0.699. The molecule has 0 spiro atoms. The SMILES string of the molecule is CCCNS(=O)(=O)c1ccc(NC(=S)NC(=O)c2ccccc2OCCOc2ccccc2)cc1. The third-order valence-corrected chi connectivity index (χ3v) is 6.36. The highest BCUT2D eigenvalue weighted by Crippen LogP contribution is 2.19. The summed E-state index contributed by atoms with van der Waals surface area (Å²) in [6.07, 6.45) is 0.697. The summed E-state index contributed by atoms with van der Waals surface area (Å²) in [6.45, 7) is 2.82.